The van der Waals surface area contributed by atoms with E-state index >= 15 is 0 Å². The molecule has 1 aliphatic rings. The molecule has 1 saturated heterocycles. The standard InChI is InChI=1S/C17H24N4S/c1-3-17-20-15(12-22-17)11-21-8-7-14(10-21)9-18-16-6-4-5-13(2)19-16/h4-6,12,14H,3,7-11H2,1-2H3,(H,18,19)/t14-/m1/s1. The highest BCUT2D eigenvalue weighted by Crippen LogP contribution is 2.20. The Morgan fingerprint density at radius 2 is 2.27 bits per heavy atom. The molecule has 5 heteroatoms. The maximum atomic E-state index is 4.67. The van der Waals surface area contributed by atoms with Gasteiger partial charge in [0.15, 0.2) is 0 Å². The zero-order valence-electron chi connectivity index (χ0n) is 13.4. The number of nitrogens with zero attached hydrogens (tertiary/aromatic N) is 3. The number of hydrogen-bond donors (Lipinski definition) is 1. The predicted molar refractivity (Wildman–Crippen MR) is 92.3 cm³/mol. The van der Waals surface area contributed by atoms with Crippen LogP contribution in [0.2, 0.25) is 0 Å². The van der Waals surface area contributed by atoms with E-state index in [0.717, 1.165) is 37.6 Å². The first-order valence-corrected chi connectivity index (χ1v) is 8.94. The van der Waals surface area contributed by atoms with Gasteiger partial charge in [0.2, 0.25) is 0 Å². The molecule has 0 radical (unpaired) electrons. The van der Waals surface area contributed by atoms with Gasteiger partial charge in [-0.25, -0.2) is 9.97 Å². The van der Waals surface area contributed by atoms with Crippen molar-refractivity contribution in [3.63, 3.8) is 0 Å². The van der Waals surface area contributed by atoms with Crippen molar-refractivity contribution in [2.45, 2.75) is 33.2 Å². The van der Waals surface area contributed by atoms with Gasteiger partial charge in [0, 0.05) is 30.7 Å². The van der Waals surface area contributed by atoms with Gasteiger partial charge in [-0.05, 0) is 44.4 Å². The van der Waals surface area contributed by atoms with Crippen LogP contribution < -0.4 is 5.32 Å². The summed E-state index contributed by atoms with van der Waals surface area (Å²) in [4.78, 5) is 11.7. The molecule has 0 aromatic carbocycles. The fraction of sp³-hybridized carbons (Fsp3) is 0.529. The molecular weight excluding hydrogens is 292 g/mol. The molecule has 1 atom stereocenters. The lowest BCUT2D eigenvalue weighted by molar-refractivity contribution is 0.315. The second kappa shape index (κ2) is 7.20. The van der Waals surface area contributed by atoms with Gasteiger partial charge in [0.1, 0.15) is 5.82 Å². The zero-order chi connectivity index (χ0) is 15.4. The van der Waals surface area contributed by atoms with Gasteiger partial charge in [-0.3, -0.25) is 4.90 Å². The summed E-state index contributed by atoms with van der Waals surface area (Å²) in [5.41, 5.74) is 2.30. The maximum absolute atomic E-state index is 4.67. The van der Waals surface area contributed by atoms with Crippen molar-refractivity contribution in [2.75, 3.05) is 25.0 Å². The van der Waals surface area contributed by atoms with Gasteiger partial charge in [-0.15, -0.1) is 11.3 Å². The largest absolute Gasteiger partial charge is 0.370 e. The number of aryl methyl sites for hydroxylation is 2. The van der Waals surface area contributed by atoms with Crippen LogP contribution in [0, 0.1) is 12.8 Å². The molecule has 2 aromatic rings. The van der Waals surface area contributed by atoms with Crippen LogP contribution in [0.25, 0.3) is 0 Å². The van der Waals surface area contributed by atoms with Crippen molar-refractivity contribution in [2.24, 2.45) is 5.92 Å². The molecule has 3 heterocycles. The first kappa shape index (κ1) is 15.4. The molecule has 22 heavy (non-hydrogen) atoms. The maximum Gasteiger partial charge on any atom is 0.126 e. The first-order valence-electron chi connectivity index (χ1n) is 8.06. The fourth-order valence-corrected chi connectivity index (χ4v) is 3.66. The van der Waals surface area contributed by atoms with Gasteiger partial charge in [-0.2, -0.15) is 0 Å². The number of pyridine rings is 1. The van der Waals surface area contributed by atoms with E-state index in [4.69, 9.17) is 0 Å². The monoisotopic (exact) mass is 316 g/mol. The third-order valence-corrected chi connectivity index (χ3v) is 5.16. The molecule has 4 nitrogen and oxygen atoms in total. The highest BCUT2D eigenvalue weighted by molar-refractivity contribution is 7.09. The van der Waals surface area contributed by atoms with Crippen molar-refractivity contribution in [3.8, 4) is 0 Å². The van der Waals surface area contributed by atoms with Crippen LogP contribution in [0.3, 0.4) is 0 Å². The summed E-state index contributed by atoms with van der Waals surface area (Å²) in [6, 6.07) is 6.13. The number of likely N-dealkylation sites (tertiary alicyclic amines) is 1. The SMILES string of the molecule is CCc1nc(CN2CC[C@H](CNc3cccc(C)n3)C2)cs1. The van der Waals surface area contributed by atoms with Crippen LogP contribution in [0.1, 0.15) is 29.7 Å². The topological polar surface area (TPSA) is 41.1 Å². The Hall–Kier alpha value is -1.46. The normalized spacial score (nSPS) is 18.7. The lowest BCUT2D eigenvalue weighted by Crippen LogP contribution is -2.23. The molecule has 0 saturated carbocycles. The smallest absolute Gasteiger partial charge is 0.126 e. The van der Waals surface area contributed by atoms with Crippen LogP contribution in [0.5, 0.6) is 0 Å². The summed E-state index contributed by atoms with van der Waals surface area (Å²) in [5, 5.41) is 6.93. The Balaban J connectivity index is 1.46. The van der Waals surface area contributed by atoms with E-state index in [0.29, 0.717) is 5.92 Å². The van der Waals surface area contributed by atoms with Crippen molar-refractivity contribution in [1.82, 2.24) is 14.9 Å². The van der Waals surface area contributed by atoms with Gasteiger partial charge in [0.05, 0.1) is 10.7 Å². The van der Waals surface area contributed by atoms with E-state index in [9.17, 15) is 0 Å². The van der Waals surface area contributed by atoms with Crippen molar-refractivity contribution < 1.29 is 0 Å². The number of rotatable bonds is 6. The summed E-state index contributed by atoms with van der Waals surface area (Å²) < 4.78 is 0. The number of aromatic nitrogens is 2. The van der Waals surface area contributed by atoms with Crippen molar-refractivity contribution in [1.29, 1.82) is 0 Å². The van der Waals surface area contributed by atoms with Gasteiger partial charge in [0.25, 0.3) is 0 Å². The van der Waals surface area contributed by atoms with E-state index in [-0.39, 0.29) is 0 Å². The molecule has 1 N–H and O–H groups in total. The minimum Gasteiger partial charge on any atom is -0.370 e. The Kier molecular flexibility index (Phi) is 5.05. The zero-order valence-corrected chi connectivity index (χ0v) is 14.2. The Bertz CT molecular complexity index is 610. The minimum atomic E-state index is 0.701. The average Bonchev–Trinajstić information content (AvgIpc) is 3.15. The molecule has 1 aliphatic heterocycles. The summed E-state index contributed by atoms with van der Waals surface area (Å²) >= 11 is 1.78. The Labute approximate surface area is 136 Å². The highest BCUT2D eigenvalue weighted by Gasteiger charge is 2.22. The van der Waals surface area contributed by atoms with Gasteiger partial charge in [-0.1, -0.05) is 13.0 Å². The number of nitrogens with one attached hydrogen (secondary N) is 1. The summed E-state index contributed by atoms with van der Waals surface area (Å²) in [5.74, 6) is 1.69. The second-order valence-electron chi connectivity index (χ2n) is 6.02. The summed E-state index contributed by atoms with van der Waals surface area (Å²) in [6.45, 7) is 8.52. The van der Waals surface area contributed by atoms with E-state index in [1.807, 2.05) is 19.1 Å². The Morgan fingerprint density at radius 3 is 3.05 bits per heavy atom. The fourth-order valence-electron chi connectivity index (χ4n) is 2.93. The molecule has 0 spiro atoms. The highest BCUT2D eigenvalue weighted by atomic mass is 32.1. The van der Waals surface area contributed by atoms with Crippen LogP contribution >= 0.6 is 11.3 Å². The third-order valence-electron chi connectivity index (χ3n) is 4.12. The van der Waals surface area contributed by atoms with Crippen LogP contribution in [-0.2, 0) is 13.0 Å². The molecule has 118 valence electrons. The van der Waals surface area contributed by atoms with E-state index in [1.54, 1.807) is 11.3 Å². The molecular formula is C17H24N4S. The quantitative estimate of drug-likeness (QED) is 0.887. The minimum absolute atomic E-state index is 0.701. The van der Waals surface area contributed by atoms with Crippen LogP contribution in [0.4, 0.5) is 5.82 Å². The lowest BCUT2D eigenvalue weighted by Gasteiger charge is -2.15. The Morgan fingerprint density at radius 1 is 1.36 bits per heavy atom. The molecule has 0 aliphatic carbocycles. The molecule has 0 unspecified atom stereocenters. The van der Waals surface area contributed by atoms with Crippen molar-refractivity contribution >= 4 is 17.2 Å². The lowest BCUT2D eigenvalue weighted by atomic mass is 10.1. The number of anilines is 1. The second-order valence-corrected chi connectivity index (χ2v) is 6.96. The van der Waals surface area contributed by atoms with E-state index in [2.05, 4.69) is 38.6 Å². The molecule has 0 amide bonds. The number of thiazole rings is 1. The van der Waals surface area contributed by atoms with E-state index in [1.165, 1.54) is 23.7 Å². The van der Waals surface area contributed by atoms with Gasteiger partial charge >= 0.3 is 0 Å². The summed E-state index contributed by atoms with van der Waals surface area (Å²) in [6.07, 6.45) is 2.30. The molecule has 1 fully saturated rings. The molecule has 0 bridgehead atoms. The predicted octanol–water partition coefficient (Wildman–Crippen LogP) is 3.34. The van der Waals surface area contributed by atoms with Gasteiger partial charge < -0.3 is 5.32 Å². The van der Waals surface area contributed by atoms with Crippen LogP contribution in [0.15, 0.2) is 23.6 Å². The molecule has 2 aromatic heterocycles. The number of hydrogen-bond acceptors (Lipinski definition) is 5. The van der Waals surface area contributed by atoms with Crippen molar-refractivity contribution in [3.05, 3.63) is 40.0 Å². The first-order chi connectivity index (χ1) is 10.7. The molecule has 3 rings (SSSR count). The van der Waals surface area contributed by atoms with Crippen LogP contribution in [-0.4, -0.2) is 34.5 Å². The summed E-state index contributed by atoms with van der Waals surface area (Å²) in [7, 11) is 0. The van der Waals surface area contributed by atoms with E-state index < -0.39 is 0 Å². The third kappa shape index (κ3) is 4.05. The average molecular weight is 316 g/mol.